The number of hydrogen-bond donors (Lipinski definition) is 1. The Morgan fingerprint density at radius 3 is 3.18 bits per heavy atom. The molecule has 0 aromatic heterocycles. The zero-order valence-corrected chi connectivity index (χ0v) is 6.76. The van der Waals surface area contributed by atoms with Crippen LogP contribution < -0.4 is 5.32 Å². The van der Waals surface area contributed by atoms with Gasteiger partial charge in [-0.2, -0.15) is 0 Å². The number of allylic oxidation sites excluding steroid dienone is 3. The van der Waals surface area contributed by atoms with E-state index in [0.717, 1.165) is 6.42 Å². The molecule has 1 aliphatic rings. The van der Waals surface area contributed by atoms with E-state index < -0.39 is 0 Å². The number of hydrogen-bond acceptors (Lipinski definition) is 1. The van der Waals surface area contributed by atoms with Crippen molar-refractivity contribution < 1.29 is 4.79 Å². The predicted molar refractivity (Wildman–Crippen MR) is 45.1 cm³/mol. The van der Waals surface area contributed by atoms with Gasteiger partial charge in [0, 0.05) is 13.0 Å². The van der Waals surface area contributed by atoms with Crippen LogP contribution in [0.5, 0.6) is 0 Å². The second-order valence-electron chi connectivity index (χ2n) is 2.69. The van der Waals surface area contributed by atoms with Crippen molar-refractivity contribution in [2.75, 3.05) is 6.54 Å². The molecule has 0 aliphatic carbocycles. The van der Waals surface area contributed by atoms with Crippen LogP contribution in [-0.4, -0.2) is 12.5 Å². The number of carbonyl (C=O) groups excluding carboxylic acids is 1. The summed E-state index contributed by atoms with van der Waals surface area (Å²) in [6.45, 7) is 2.70. The van der Waals surface area contributed by atoms with Gasteiger partial charge in [0.25, 0.3) is 0 Å². The summed E-state index contributed by atoms with van der Waals surface area (Å²) in [5.41, 5.74) is 1.24. The van der Waals surface area contributed by atoms with Gasteiger partial charge in [-0.25, -0.2) is 0 Å². The first-order valence-electron chi connectivity index (χ1n) is 3.89. The lowest BCUT2D eigenvalue weighted by Gasteiger charge is -1.97. The molecule has 0 aromatic rings. The van der Waals surface area contributed by atoms with Crippen molar-refractivity contribution in [1.82, 2.24) is 5.32 Å². The quantitative estimate of drug-likeness (QED) is 0.557. The molecule has 1 rings (SSSR count). The van der Waals surface area contributed by atoms with Gasteiger partial charge in [0.1, 0.15) is 0 Å². The molecule has 1 aliphatic heterocycles. The number of carbonyl (C=O) groups is 1. The molecule has 0 atom stereocenters. The molecule has 2 heteroatoms. The minimum Gasteiger partial charge on any atom is -0.353 e. The van der Waals surface area contributed by atoms with Crippen LogP contribution in [0.15, 0.2) is 23.8 Å². The molecule has 0 saturated heterocycles. The van der Waals surface area contributed by atoms with Crippen molar-refractivity contribution >= 4 is 5.91 Å². The van der Waals surface area contributed by atoms with E-state index in [2.05, 4.69) is 11.4 Å². The zero-order chi connectivity index (χ0) is 8.10. The molecular weight excluding hydrogens is 138 g/mol. The maximum absolute atomic E-state index is 10.9. The largest absolute Gasteiger partial charge is 0.353 e. The maximum Gasteiger partial charge on any atom is 0.220 e. The molecule has 0 fully saturated rings. The summed E-state index contributed by atoms with van der Waals surface area (Å²) in [7, 11) is 0. The van der Waals surface area contributed by atoms with Crippen LogP contribution in [0.4, 0.5) is 0 Å². The molecule has 0 bridgehead atoms. The van der Waals surface area contributed by atoms with Gasteiger partial charge in [-0.1, -0.05) is 23.8 Å². The molecule has 1 heterocycles. The molecule has 1 N–H and O–H groups in total. The summed E-state index contributed by atoms with van der Waals surface area (Å²) in [5, 5.41) is 2.79. The summed E-state index contributed by atoms with van der Waals surface area (Å²) >= 11 is 0. The minimum atomic E-state index is 0.139. The summed E-state index contributed by atoms with van der Waals surface area (Å²) in [6, 6.07) is 0. The summed E-state index contributed by atoms with van der Waals surface area (Å²) in [6.07, 6.45) is 7.54. The Kier molecular flexibility index (Phi) is 2.90. The third kappa shape index (κ3) is 3.03. The lowest BCUT2D eigenvalue weighted by molar-refractivity contribution is -0.120. The lowest BCUT2D eigenvalue weighted by atomic mass is 10.2. The SMILES string of the molecule is CC1=C/CCC(=O)NC/C=C\1. The van der Waals surface area contributed by atoms with E-state index in [9.17, 15) is 4.79 Å². The highest BCUT2D eigenvalue weighted by molar-refractivity contribution is 5.76. The maximum atomic E-state index is 10.9. The molecule has 2 nitrogen and oxygen atoms in total. The van der Waals surface area contributed by atoms with Crippen molar-refractivity contribution in [3.8, 4) is 0 Å². The van der Waals surface area contributed by atoms with Crippen LogP contribution in [0, 0.1) is 0 Å². The lowest BCUT2D eigenvalue weighted by Crippen LogP contribution is -2.22. The molecule has 60 valence electrons. The Morgan fingerprint density at radius 2 is 2.36 bits per heavy atom. The molecule has 1 amide bonds. The highest BCUT2D eigenvalue weighted by Gasteiger charge is 1.98. The van der Waals surface area contributed by atoms with Crippen LogP contribution in [0.3, 0.4) is 0 Å². The van der Waals surface area contributed by atoms with Gasteiger partial charge in [-0.05, 0) is 13.3 Å². The molecule has 0 spiro atoms. The first-order valence-corrected chi connectivity index (χ1v) is 3.89. The molecule has 0 radical (unpaired) electrons. The fourth-order valence-electron chi connectivity index (χ4n) is 1.00. The van der Waals surface area contributed by atoms with Crippen molar-refractivity contribution in [3.05, 3.63) is 23.8 Å². The van der Waals surface area contributed by atoms with Crippen LogP contribution in [-0.2, 0) is 4.79 Å². The van der Waals surface area contributed by atoms with E-state index in [0.29, 0.717) is 13.0 Å². The summed E-state index contributed by atoms with van der Waals surface area (Å²) in [4.78, 5) is 10.9. The monoisotopic (exact) mass is 151 g/mol. The average Bonchev–Trinajstić information content (AvgIpc) is 2.04. The second kappa shape index (κ2) is 3.96. The number of amides is 1. The molecule has 0 aromatic carbocycles. The van der Waals surface area contributed by atoms with Crippen molar-refractivity contribution in [3.63, 3.8) is 0 Å². The third-order valence-electron chi connectivity index (χ3n) is 1.64. The van der Waals surface area contributed by atoms with E-state index in [1.165, 1.54) is 5.57 Å². The normalized spacial score (nSPS) is 27.0. The van der Waals surface area contributed by atoms with Gasteiger partial charge in [-0.3, -0.25) is 4.79 Å². The Labute approximate surface area is 67.0 Å². The van der Waals surface area contributed by atoms with Crippen LogP contribution in [0.2, 0.25) is 0 Å². The van der Waals surface area contributed by atoms with Gasteiger partial charge < -0.3 is 5.32 Å². The topological polar surface area (TPSA) is 29.1 Å². The van der Waals surface area contributed by atoms with Crippen LogP contribution in [0.1, 0.15) is 19.8 Å². The Balaban J connectivity index is 2.56. The highest BCUT2D eigenvalue weighted by Crippen LogP contribution is 2.01. The van der Waals surface area contributed by atoms with Gasteiger partial charge >= 0.3 is 0 Å². The zero-order valence-electron chi connectivity index (χ0n) is 6.76. The van der Waals surface area contributed by atoms with Gasteiger partial charge in [0.15, 0.2) is 0 Å². The highest BCUT2D eigenvalue weighted by atomic mass is 16.1. The first-order chi connectivity index (χ1) is 5.29. The smallest absolute Gasteiger partial charge is 0.220 e. The fourth-order valence-corrected chi connectivity index (χ4v) is 1.00. The molecular formula is C9H13NO. The second-order valence-corrected chi connectivity index (χ2v) is 2.69. The van der Waals surface area contributed by atoms with Crippen molar-refractivity contribution in [1.29, 1.82) is 0 Å². The Morgan fingerprint density at radius 1 is 1.55 bits per heavy atom. The summed E-state index contributed by atoms with van der Waals surface area (Å²) < 4.78 is 0. The van der Waals surface area contributed by atoms with Gasteiger partial charge in [0.2, 0.25) is 5.91 Å². The Bertz CT molecular complexity index is 204. The van der Waals surface area contributed by atoms with Crippen molar-refractivity contribution in [2.45, 2.75) is 19.8 Å². The number of rotatable bonds is 0. The van der Waals surface area contributed by atoms with E-state index >= 15 is 0 Å². The van der Waals surface area contributed by atoms with Crippen LogP contribution in [0.25, 0.3) is 0 Å². The first kappa shape index (κ1) is 8.05. The average molecular weight is 151 g/mol. The fraction of sp³-hybridized carbons (Fsp3) is 0.444. The van der Waals surface area contributed by atoms with Crippen LogP contribution >= 0.6 is 0 Å². The molecule has 0 saturated carbocycles. The standard InChI is InChI=1S/C9H13NO/c1-8-4-2-6-9(11)10-7-3-5-8/h3-5H,2,6-7H2,1H3,(H,10,11)/b5-3-,8-4-. The van der Waals surface area contributed by atoms with Crippen molar-refractivity contribution in [2.24, 2.45) is 0 Å². The van der Waals surface area contributed by atoms with Gasteiger partial charge in [-0.15, -0.1) is 0 Å². The van der Waals surface area contributed by atoms with E-state index in [1.807, 2.05) is 19.1 Å². The van der Waals surface area contributed by atoms with E-state index in [4.69, 9.17) is 0 Å². The Hall–Kier alpha value is -1.05. The predicted octanol–water partition coefficient (Wildman–Crippen LogP) is 1.40. The molecule has 11 heavy (non-hydrogen) atoms. The van der Waals surface area contributed by atoms with Gasteiger partial charge in [0.05, 0.1) is 0 Å². The third-order valence-corrected chi connectivity index (χ3v) is 1.64. The minimum absolute atomic E-state index is 0.139. The molecule has 0 unspecified atom stereocenters. The van der Waals surface area contributed by atoms with E-state index in [1.54, 1.807) is 0 Å². The van der Waals surface area contributed by atoms with E-state index in [-0.39, 0.29) is 5.91 Å². The summed E-state index contributed by atoms with van der Waals surface area (Å²) in [5.74, 6) is 0.139. The number of nitrogens with one attached hydrogen (secondary N) is 1.